The van der Waals surface area contributed by atoms with Crippen LogP contribution in [0, 0.1) is 6.92 Å². The fraction of sp³-hybridized carbons (Fsp3) is 0.385. The molecule has 21 heavy (non-hydrogen) atoms. The molecule has 0 aliphatic heterocycles. The Balaban J connectivity index is 2.56. The Morgan fingerprint density at radius 1 is 0.905 bits per heavy atom. The summed E-state index contributed by atoms with van der Waals surface area (Å²) in [6.45, 7) is 1.61. The number of hydrogen-bond donors (Lipinski definition) is 0. The van der Waals surface area contributed by atoms with E-state index >= 15 is 0 Å². The third kappa shape index (κ3) is 3.43. The number of halogens is 6. The van der Waals surface area contributed by atoms with Gasteiger partial charge in [-0.05, 0) is 43.5 Å². The van der Waals surface area contributed by atoms with Crippen molar-refractivity contribution >= 4 is 5.57 Å². The Bertz CT molecular complexity index is 593. The lowest BCUT2D eigenvalue weighted by Crippen LogP contribution is -2.21. The van der Waals surface area contributed by atoms with E-state index in [-0.39, 0.29) is 23.8 Å². The molecule has 1 heterocycles. The monoisotopic (exact) mass is 308 g/mol. The minimum Gasteiger partial charge on any atom is -0.166 e. The van der Waals surface area contributed by atoms with Crippen molar-refractivity contribution in [3.63, 3.8) is 0 Å². The highest BCUT2D eigenvalue weighted by Crippen LogP contribution is 2.43. The summed E-state index contributed by atoms with van der Waals surface area (Å²) in [7, 11) is 0. The molecule has 2 rings (SSSR count). The Hall–Kier alpha value is -1.86. The van der Waals surface area contributed by atoms with Gasteiger partial charge in [-0.2, -0.15) is 36.5 Å². The predicted octanol–water partition coefficient (Wildman–Crippen LogP) is 4.38. The summed E-state index contributed by atoms with van der Waals surface area (Å²) < 4.78 is 76.8. The maximum atomic E-state index is 13.0. The van der Waals surface area contributed by atoms with E-state index in [1.54, 1.807) is 6.92 Å². The SMILES string of the molecule is Cc1ccc(C2=C(C(F)(F)F)C=C(C(F)(F)F)CC2)nn1. The minimum absolute atomic E-state index is 0.0506. The van der Waals surface area contributed by atoms with Gasteiger partial charge in [0.2, 0.25) is 0 Å². The lowest BCUT2D eigenvalue weighted by molar-refractivity contribution is -0.0981. The summed E-state index contributed by atoms with van der Waals surface area (Å²) in [6.07, 6.45) is -10.4. The fourth-order valence-corrected chi connectivity index (χ4v) is 2.03. The molecule has 0 saturated carbocycles. The lowest BCUT2D eigenvalue weighted by atomic mass is 9.89. The highest BCUT2D eigenvalue weighted by Gasteiger charge is 2.42. The number of nitrogens with zero attached hydrogens (tertiary/aromatic N) is 2. The van der Waals surface area contributed by atoms with Gasteiger partial charge in [-0.3, -0.25) is 0 Å². The summed E-state index contributed by atoms with van der Waals surface area (Å²) in [4.78, 5) is 0. The first-order valence-corrected chi connectivity index (χ1v) is 5.98. The number of aromatic nitrogens is 2. The Morgan fingerprint density at radius 3 is 2.05 bits per heavy atom. The van der Waals surface area contributed by atoms with Gasteiger partial charge in [0.15, 0.2) is 0 Å². The second kappa shape index (κ2) is 5.16. The van der Waals surface area contributed by atoms with Crippen LogP contribution in [0.15, 0.2) is 29.4 Å². The summed E-state index contributed by atoms with van der Waals surface area (Å²) in [5.74, 6) is 0. The van der Waals surface area contributed by atoms with Crippen molar-refractivity contribution < 1.29 is 26.3 Å². The summed E-state index contributed by atoms with van der Waals surface area (Å²) in [6, 6.07) is 2.79. The lowest BCUT2D eigenvalue weighted by Gasteiger charge is -2.22. The Morgan fingerprint density at radius 2 is 1.57 bits per heavy atom. The third-order valence-corrected chi connectivity index (χ3v) is 3.06. The van der Waals surface area contributed by atoms with Gasteiger partial charge in [0.1, 0.15) is 0 Å². The molecule has 0 spiro atoms. The van der Waals surface area contributed by atoms with Crippen LogP contribution in [-0.2, 0) is 0 Å². The molecule has 0 saturated heterocycles. The maximum Gasteiger partial charge on any atom is 0.416 e. The largest absolute Gasteiger partial charge is 0.416 e. The number of aryl methyl sites for hydroxylation is 1. The number of alkyl halides is 6. The smallest absolute Gasteiger partial charge is 0.166 e. The molecule has 1 aliphatic carbocycles. The number of allylic oxidation sites excluding steroid dienone is 4. The fourth-order valence-electron chi connectivity index (χ4n) is 2.03. The van der Waals surface area contributed by atoms with Crippen LogP contribution in [0.2, 0.25) is 0 Å². The van der Waals surface area contributed by atoms with Crippen molar-refractivity contribution in [2.45, 2.75) is 32.1 Å². The summed E-state index contributed by atoms with van der Waals surface area (Å²) >= 11 is 0. The number of rotatable bonds is 1. The summed E-state index contributed by atoms with van der Waals surface area (Å²) in [5.41, 5.74) is -2.29. The van der Waals surface area contributed by atoms with Crippen LogP contribution in [-0.4, -0.2) is 22.5 Å². The van der Waals surface area contributed by atoms with Gasteiger partial charge in [-0.25, -0.2) is 0 Å². The van der Waals surface area contributed by atoms with Crippen LogP contribution < -0.4 is 0 Å². The van der Waals surface area contributed by atoms with Gasteiger partial charge in [0.05, 0.1) is 17.0 Å². The van der Waals surface area contributed by atoms with E-state index in [0.717, 1.165) is 0 Å². The van der Waals surface area contributed by atoms with E-state index in [0.29, 0.717) is 5.69 Å². The molecule has 0 radical (unpaired) electrons. The molecular formula is C13H10F6N2. The van der Waals surface area contributed by atoms with Gasteiger partial charge in [-0.1, -0.05) is 0 Å². The first-order valence-electron chi connectivity index (χ1n) is 5.98. The average molecular weight is 308 g/mol. The van der Waals surface area contributed by atoms with E-state index in [4.69, 9.17) is 0 Å². The average Bonchev–Trinajstić information content (AvgIpc) is 2.37. The van der Waals surface area contributed by atoms with Crippen LogP contribution in [0.25, 0.3) is 5.57 Å². The van der Waals surface area contributed by atoms with Gasteiger partial charge in [-0.15, -0.1) is 0 Å². The molecule has 0 amide bonds. The van der Waals surface area contributed by atoms with Crippen molar-refractivity contribution in [2.75, 3.05) is 0 Å². The minimum atomic E-state index is -4.88. The van der Waals surface area contributed by atoms with Crippen molar-refractivity contribution in [1.29, 1.82) is 0 Å². The molecule has 8 heteroatoms. The molecular weight excluding hydrogens is 298 g/mol. The Kier molecular flexibility index (Phi) is 3.81. The maximum absolute atomic E-state index is 13.0. The van der Waals surface area contributed by atoms with Crippen LogP contribution in [0.4, 0.5) is 26.3 Å². The Labute approximate surface area is 116 Å². The van der Waals surface area contributed by atoms with Crippen LogP contribution in [0.1, 0.15) is 24.2 Å². The van der Waals surface area contributed by atoms with Gasteiger partial charge in [0.25, 0.3) is 0 Å². The molecule has 0 unspecified atom stereocenters. The van der Waals surface area contributed by atoms with Gasteiger partial charge in [0, 0.05) is 5.57 Å². The van der Waals surface area contributed by atoms with E-state index in [9.17, 15) is 26.3 Å². The zero-order chi connectivity index (χ0) is 15.8. The van der Waals surface area contributed by atoms with Crippen LogP contribution >= 0.6 is 0 Å². The first-order chi connectivity index (χ1) is 9.59. The quantitative estimate of drug-likeness (QED) is 0.719. The van der Waals surface area contributed by atoms with Crippen LogP contribution in [0.3, 0.4) is 0 Å². The highest BCUT2D eigenvalue weighted by molar-refractivity contribution is 5.71. The van der Waals surface area contributed by atoms with Crippen LogP contribution in [0.5, 0.6) is 0 Å². The second-order valence-electron chi connectivity index (χ2n) is 4.62. The normalized spacial score (nSPS) is 17.0. The molecule has 1 aromatic rings. The van der Waals surface area contributed by atoms with Gasteiger partial charge >= 0.3 is 12.4 Å². The predicted molar refractivity (Wildman–Crippen MR) is 63.1 cm³/mol. The van der Waals surface area contributed by atoms with Crippen molar-refractivity contribution in [1.82, 2.24) is 10.2 Å². The summed E-state index contributed by atoms with van der Waals surface area (Å²) in [5, 5.41) is 7.28. The molecule has 1 aliphatic rings. The van der Waals surface area contributed by atoms with E-state index < -0.39 is 29.9 Å². The van der Waals surface area contributed by atoms with E-state index in [1.165, 1.54) is 12.1 Å². The zero-order valence-corrected chi connectivity index (χ0v) is 10.8. The molecule has 0 atom stereocenters. The standard InChI is InChI=1S/C13H10F6N2/c1-7-2-5-11(21-20-7)9-4-3-8(12(14,15)16)6-10(9)13(17,18)19/h2,5-6H,3-4H2,1H3. The first kappa shape index (κ1) is 15.5. The molecule has 0 fully saturated rings. The second-order valence-corrected chi connectivity index (χ2v) is 4.62. The van der Waals surface area contributed by atoms with Crippen molar-refractivity contribution in [3.05, 3.63) is 40.7 Å². The molecule has 2 nitrogen and oxygen atoms in total. The molecule has 114 valence electrons. The number of hydrogen-bond acceptors (Lipinski definition) is 2. The third-order valence-electron chi connectivity index (χ3n) is 3.06. The highest BCUT2D eigenvalue weighted by atomic mass is 19.4. The molecule has 1 aromatic heterocycles. The van der Waals surface area contributed by atoms with Gasteiger partial charge < -0.3 is 0 Å². The van der Waals surface area contributed by atoms with E-state index in [2.05, 4.69) is 10.2 Å². The zero-order valence-electron chi connectivity index (χ0n) is 10.8. The van der Waals surface area contributed by atoms with Crippen molar-refractivity contribution in [3.8, 4) is 0 Å². The molecule has 0 bridgehead atoms. The van der Waals surface area contributed by atoms with Crippen molar-refractivity contribution in [2.24, 2.45) is 0 Å². The van der Waals surface area contributed by atoms with E-state index in [1.807, 2.05) is 0 Å². The molecule has 0 aromatic carbocycles. The topological polar surface area (TPSA) is 25.8 Å². The molecule has 0 N–H and O–H groups in total.